The standard InChI is InChI=1S/C64H71BN2/c1-40(2)42-32-57-59-58(33-42)67(54-31-29-44(61(6,7)8)35-49(54)48-27-20-19-26-47(48)41-22-17-16-18-23-41)56-38-51-50(63(12,13)39-64(51,14)15)37-53(56)65(59)52-30-28-45(62(9,10)11)36-55(52)66(57)46-25-21-24-43(34-46)60(3,4)5/h16-38,40H,39H2,1-15H3. The molecule has 0 aromatic heterocycles. The highest BCUT2D eigenvalue weighted by atomic mass is 15.2. The maximum absolute atomic E-state index is 2.71. The lowest BCUT2D eigenvalue weighted by Gasteiger charge is -2.46. The summed E-state index contributed by atoms with van der Waals surface area (Å²) in [6.45, 7) is 35.7. The van der Waals surface area contributed by atoms with Crippen LogP contribution in [0.25, 0.3) is 22.3 Å². The van der Waals surface area contributed by atoms with Gasteiger partial charge in [-0.1, -0.05) is 195 Å². The molecule has 2 heterocycles. The number of rotatable bonds is 5. The van der Waals surface area contributed by atoms with Crippen molar-refractivity contribution in [2.75, 3.05) is 9.80 Å². The highest BCUT2D eigenvalue weighted by Crippen LogP contribution is 2.54. The highest BCUT2D eigenvalue weighted by molar-refractivity contribution is 7.00. The van der Waals surface area contributed by atoms with E-state index in [9.17, 15) is 0 Å². The number of fused-ring (bicyclic) bond motifs is 5. The number of anilines is 6. The zero-order chi connectivity index (χ0) is 47.7. The summed E-state index contributed by atoms with van der Waals surface area (Å²) < 4.78 is 0. The molecule has 67 heavy (non-hydrogen) atoms. The molecule has 0 atom stereocenters. The average molecular weight is 879 g/mol. The van der Waals surface area contributed by atoms with Gasteiger partial charge in [-0.25, -0.2) is 0 Å². The van der Waals surface area contributed by atoms with Crippen molar-refractivity contribution in [3.8, 4) is 22.3 Å². The minimum atomic E-state index is -0.0509. The van der Waals surface area contributed by atoms with Gasteiger partial charge in [0, 0.05) is 34.0 Å². The second-order valence-corrected chi connectivity index (χ2v) is 24.8. The molecule has 3 aliphatic rings. The third-order valence-electron chi connectivity index (χ3n) is 15.5. The van der Waals surface area contributed by atoms with Crippen molar-refractivity contribution < 1.29 is 0 Å². The van der Waals surface area contributed by atoms with Crippen LogP contribution in [0.15, 0.2) is 140 Å². The van der Waals surface area contributed by atoms with Gasteiger partial charge in [-0.3, -0.25) is 0 Å². The van der Waals surface area contributed by atoms with Gasteiger partial charge in [0.05, 0.1) is 5.69 Å². The second-order valence-electron chi connectivity index (χ2n) is 24.8. The summed E-state index contributed by atoms with van der Waals surface area (Å²) in [6, 6.07) is 54.6. The van der Waals surface area contributed by atoms with Crippen molar-refractivity contribution in [3.05, 3.63) is 173 Å². The number of hydrogen-bond acceptors (Lipinski definition) is 2. The summed E-state index contributed by atoms with van der Waals surface area (Å²) in [6.07, 6.45) is 1.11. The van der Waals surface area contributed by atoms with Gasteiger partial charge < -0.3 is 9.80 Å². The SMILES string of the molecule is CC(C)c1cc2c3c(c1)N(c1ccc(C(C)(C)C)cc1-c1ccccc1-c1ccccc1)c1cc4c(cc1B3c1ccc(C(C)(C)C)cc1N2c1cccc(C(C)(C)C)c1)C(C)(C)CC4(C)C. The lowest BCUT2D eigenvalue weighted by atomic mass is 9.33. The Balaban J connectivity index is 1.37. The lowest BCUT2D eigenvalue weighted by Crippen LogP contribution is -2.61. The van der Waals surface area contributed by atoms with E-state index >= 15 is 0 Å². The molecule has 0 fully saturated rings. The maximum atomic E-state index is 2.71. The quantitative estimate of drug-likeness (QED) is 0.159. The van der Waals surface area contributed by atoms with Gasteiger partial charge in [-0.2, -0.15) is 0 Å². The Morgan fingerprint density at radius 3 is 1.64 bits per heavy atom. The van der Waals surface area contributed by atoms with Crippen LogP contribution in [0.3, 0.4) is 0 Å². The van der Waals surface area contributed by atoms with E-state index in [2.05, 4.69) is 253 Å². The fourth-order valence-corrected chi connectivity index (χ4v) is 11.9. The van der Waals surface area contributed by atoms with Crippen molar-refractivity contribution in [2.45, 2.75) is 143 Å². The zero-order valence-electron chi connectivity index (χ0n) is 43.0. The molecule has 0 radical (unpaired) electrons. The van der Waals surface area contributed by atoms with Crippen LogP contribution in [-0.4, -0.2) is 6.71 Å². The highest BCUT2D eigenvalue weighted by Gasteiger charge is 2.48. The molecular weight excluding hydrogens is 808 g/mol. The van der Waals surface area contributed by atoms with Gasteiger partial charge in [0.1, 0.15) is 0 Å². The Morgan fingerprint density at radius 2 is 1.00 bits per heavy atom. The summed E-state index contributed by atoms with van der Waals surface area (Å²) in [5, 5.41) is 0. The third-order valence-corrected chi connectivity index (χ3v) is 15.5. The maximum Gasteiger partial charge on any atom is 0.252 e. The number of benzene rings is 7. The van der Waals surface area contributed by atoms with Crippen LogP contribution < -0.4 is 26.2 Å². The molecule has 0 N–H and O–H groups in total. The van der Waals surface area contributed by atoms with E-state index in [1.165, 1.54) is 106 Å². The molecule has 3 heteroatoms. The Morgan fingerprint density at radius 1 is 0.448 bits per heavy atom. The Hall–Kier alpha value is -5.80. The van der Waals surface area contributed by atoms with Gasteiger partial charge in [0.15, 0.2) is 0 Å². The first-order valence-corrected chi connectivity index (χ1v) is 25.0. The van der Waals surface area contributed by atoms with E-state index in [1.54, 1.807) is 0 Å². The largest absolute Gasteiger partial charge is 0.311 e. The average Bonchev–Trinajstić information content (AvgIpc) is 3.45. The smallest absolute Gasteiger partial charge is 0.252 e. The molecule has 2 nitrogen and oxygen atoms in total. The van der Waals surface area contributed by atoms with E-state index in [4.69, 9.17) is 0 Å². The monoisotopic (exact) mass is 879 g/mol. The molecule has 7 aromatic rings. The Labute approximate surface area is 403 Å². The zero-order valence-corrected chi connectivity index (χ0v) is 43.0. The topological polar surface area (TPSA) is 6.48 Å². The van der Waals surface area contributed by atoms with E-state index in [0.29, 0.717) is 5.92 Å². The molecule has 0 bridgehead atoms. The van der Waals surface area contributed by atoms with Gasteiger partial charge in [-0.05, 0) is 154 Å². The van der Waals surface area contributed by atoms with Crippen molar-refractivity contribution in [2.24, 2.45) is 0 Å². The molecule has 0 spiro atoms. The van der Waals surface area contributed by atoms with Gasteiger partial charge >= 0.3 is 0 Å². The van der Waals surface area contributed by atoms with Crippen molar-refractivity contribution in [1.29, 1.82) is 0 Å². The normalized spacial score (nSPS) is 15.9. The fraction of sp³-hybridized carbons (Fsp3) is 0.344. The van der Waals surface area contributed by atoms with Crippen LogP contribution in [0.1, 0.15) is 150 Å². The van der Waals surface area contributed by atoms with Crippen LogP contribution >= 0.6 is 0 Å². The number of hydrogen-bond donors (Lipinski definition) is 0. The lowest BCUT2D eigenvalue weighted by molar-refractivity contribution is 0.403. The molecule has 7 aromatic carbocycles. The minimum absolute atomic E-state index is 0.00795. The first kappa shape index (κ1) is 45.0. The van der Waals surface area contributed by atoms with Crippen molar-refractivity contribution >= 4 is 57.2 Å². The molecule has 0 saturated carbocycles. The summed E-state index contributed by atoms with van der Waals surface area (Å²) in [5.41, 5.74) is 25.0. The van der Waals surface area contributed by atoms with Crippen LogP contribution in [0, 0.1) is 0 Å². The first-order valence-electron chi connectivity index (χ1n) is 25.0. The molecule has 0 unspecified atom stereocenters. The van der Waals surface area contributed by atoms with Crippen molar-refractivity contribution in [3.63, 3.8) is 0 Å². The summed E-state index contributed by atoms with van der Waals surface area (Å²) in [5.74, 6) is 0.301. The third kappa shape index (κ3) is 7.47. The van der Waals surface area contributed by atoms with E-state index in [1.807, 2.05) is 0 Å². The Kier molecular flexibility index (Phi) is 10.3. The van der Waals surface area contributed by atoms with Crippen LogP contribution in [0.5, 0.6) is 0 Å². The van der Waals surface area contributed by atoms with Crippen molar-refractivity contribution in [1.82, 2.24) is 0 Å². The Bertz CT molecular complexity index is 3090. The predicted molar refractivity (Wildman–Crippen MR) is 292 cm³/mol. The van der Waals surface area contributed by atoms with E-state index in [-0.39, 0.29) is 33.8 Å². The van der Waals surface area contributed by atoms with Gasteiger partial charge in [0.2, 0.25) is 0 Å². The molecule has 1 aliphatic carbocycles. The minimum Gasteiger partial charge on any atom is -0.311 e. The van der Waals surface area contributed by atoms with Crippen LogP contribution in [0.2, 0.25) is 0 Å². The summed E-state index contributed by atoms with van der Waals surface area (Å²) >= 11 is 0. The van der Waals surface area contributed by atoms with E-state index < -0.39 is 0 Å². The molecule has 0 amide bonds. The molecule has 340 valence electrons. The fourth-order valence-electron chi connectivity index (χ4n) is 11.9. The number of nitrogens with zero attached hydrogens (tertiary/aromatic N) is 2. The first-order chi connectivity index (χ1) is 31.4. The van der Waals surface area contributed by atoms with Crippen LogP contribution in [0.4, 0.5) is 34.1 Å². The second kappa shape index (κ2) is 15.4. The molecule has 2 aliphatic heterocycles. The summed E-state index contributed by atoms with van der Waals surface area (Å²) in [4.78, 5) is 5.35. The predicted octanol–water partition coefficient (Wildman–Crippen LogP) is 16.1. The summed E-state index contributed by atoms with van der Waals surface area (Å²) in [7, 11) is 0. The molecule has 10 rings (SSSR count). The van der Waals surface area contributed by atoms with Crippen LogP contribution in [-0.2, 0) is 27.1 Å². The molecular formula is C64H71BN2. The molecule has 0 saturated heterocycles. The van der Waals surface area contributed by atoms with E-state index in [0.717, 1.165) is 6.42 Å². The van der Waals surface area contributed by atoms with Gasteiger partial charge in [-0.15, -0.1) is 0 Å². The van der Waals surface area contributed by atoms with Gasteiger partial charge in [0.25, 0.3) is 6.71 Å².